The number of amides is 1. The van der Waals surface area contributed by atoms with Gasteiger partial charge in [-0.1, -0.05) is 20.4 Å². The highest BCUT2D eigenvalue weighted by molar-refractivity contribution is 5.96. The number of methoxy groups -OCH3 is 1. The van der Waals surface area contributed by atoms with Crippen molar-refractivity contribution < 1.29 is 9.53 Å². The second-order valence-corrected chi connectivity index (χ2v) is 10.1. The van der Waals surface area contributed by atoms with Gasteiger partial charge in [0.15, 0.2) is 0 Å². The molecule has 0 aromatic carbocycles. The van der Waals surface area contributed by atoms with Gasteiger partial charge in [-0.3, -0.25) is 9.78 Å². The first kappa shape index (κ1) is 24.8. The SMILES string of the molecule is C=Cc1cc(-c2cc(C#N)c(N3CCN(C(=O)COC)[C@H](C(C)C)C3)nc2C2CC2)c2ccncc2n1. The normalized spacial score (nSPS) is 17.8. The van der Waals surface area contributed by atoms with E-state index in [-0.39, 0.29) is 24.5 Å². The lowest BCUT2D eigenvalue weighted by molar-refractivity contribution is -0.139. The van der Waals surface area contributed by atoms with Crippen molar-refractivity contribution in [2.45, 2.75) is 38.6 Å². The number of anilines is 1. The van der Waals surface area contributed by atoms with Crippen molar-refractivity contribution in [2.75, 3.05) is 38.3 Å². The highest BCUT2D eigenvalue weighted by Crippen LogP contribution is 2.46. The molecular formula is C29H32N6O2. The number of rotatable bonds is 7. The molecule has 0 unspecified atom stereocenters. The van der Waals surface area contributed by atoms with E-state index in [1.54, 1.807) is 25.6 Å². The largest absolute Gasteiger partial charge is 0.375 e. The molecule has 1 atom stereocenters. The van der Waals surface area contributed by atoms with Gasteiger partial charge in [0.05, 0.1) is 34.7 Å². The second kappa shape index (κ2) is 10.3. The Morgan fingerprint density at radius 2 is 2.08 bits per heavy atom. The summed E-state index contributed by atoms with van der Waals surface area (Å²) in [4.78, 5) is 30.9. The van der Waals surface area contributed by atoms with Crippen LogP contribution >= 0.6 is 0 Å². The number of hydrogen-bond acceptors (Lipinski definition) is 7. The van der Waals surface area contributed by atoms with E-state index < -0.39 is 0 Å². The molecule has 1 aliphatic carbocycles. The summed E-state index contributed by atoms with van der Waals surface area (Å²) < 4.78 is 5.11. The van der Waals surface area contributed by atoms with E-state index in [0.29, 0.717) is 36.9 Å². The highest BCUT2D eigenvalue weighted by Gasteiger charge is 2.35. The summed E-state index contributed by atoms with van der Waals surface area (Å²) in [6.45, 7) is 10.1. The minimum Gasteiger partial charge on any atom is -0.375 e. The minimum absolute atomic E-state index is 0.000381. The van der Waals surface area contributed by atoms with E-state index in [2.05, 4.69) is 41.4 Å². The molecule has 8 heteroatoms. The van der Waals surface area contributed by atoms with Crippen molar-refractivity contribution in [3.8, 4) is 17.2 Å². The second-order valence-electron chi connectivity index (χ2n) is 10.1. The number of nitriles is 1. The van der Waals surface area contributed by atoms with Crippen LogP contribution in [0.15, 0.2) is 37.2 Å². The maximum Gasteiger partial charge on any atom is 0.248 e. The summed E-state index contributed by atoms with van der Waals surface area (Å²) in [5.74, 6) is 1.33. The fraction of sp³-hybridized carbons (Fsp3) is 0.414. The predicted octanol–water partition coefficient (Wildman–Crippen LogP) is 4.40. The number of ether oxygens (including phenoxy) is 1. The van der Waals surface area contributed by atoms with Crippen LogP contribution in [0.4, 0.5) is 5.82 Å². The van der Waals surface area contributed by atoms with Gasteiger partial charge in [0.1, 0.15) is 18.5 Å². The number of carbonyl (C=O) groups excluding carboxylic acids is 1. The quantitative estimate of drug-likeness (QED) is 0.478. The lowest BCUT2D eigenvalue weighted by Gasteiger charge is -2.44. The van der Waals surface area contributed by atoms with Crippen molar-refractivity contribution in [1.82, 2.24) is 19.9 Å². The number of piperazine rings is 1. The zero-order valence-electron chi connectivity index (χ0n) is 21.6. The van der Waals surface area contributed by atoms with Gasteiger partial charge < -0.3 is 14.5 Å². The maximum absolute atomic E-state index is 12.7. The van der Waals surface area contributed by atoms with E-state index in [9.17, 15) is 10.1 Å². The van der Waals surface area contributed by atoms with Crippen molar-refractivity contribution in [1.29, 1.82) is 5.26 Å². The van der Waals surface area contributed by atoms with Gasteiger partial charge in [0.25, 0.3) is 0 Å². The van der Waals surface area contributed by atoms with Gasteiger partial charge in [-0.05, 0) is 48.6 Å². The highest BCUT2D eigenvalue weighted by atomic mass is 16.5. The summed E-state index contributed by atoms with van der Waals surface area (Å²) in [6.07, 6.45) is 7.42. The summed E-state index contributed by atoms with van der Waals surface area (Å²) in [5.41, 5.74) is 5.07. The average molecular weight is 497 g/mol. The summed E-state index contributed by atoms with van der Waals surface area (Å²) in [6, 6.07) is 8.40. The standard InChI is InChI=1S/C29H32N6O2/c1-5-21-13-23(22-8-9-31-15-25(22)32-21)24-12-20(14-30)29(33-28(24)19-6-7-19)34-10-11-35(27(36)17-37-4)26(16-34)18(2)3/h5,8-9,12-13,15,18-19,26H,1,6-7,10-11,16-17H2,2-4H3/t26-/m0/s1. The molecule has 2 fully saturated rings. The summed E-state index contributed by atoms with van der Waals surface area (Å²) >= 11 is 0. The van der Waals surface area contributed by atoms with Gasteiger partial charge in [-0.25, -0.2) is 9.97 Å². The van der Waals surface area contributed by atoms with Gasteiger partial charge in [-0.15, -0.1) is 0 Å². The van der Waals surface area contributed by atoms with Crippen molar-refractivity contribution >= 4 is 28.7 Å². The molecule has 1 amide bonds. The zero-order valence-corrected chi connectivity index (χ0v) is 21.6. The molecule has 4 heterocycles. The molecule has 0 bridgehead atoms. The Labute approximate surface area is 217 Å². The molecule has 190 valence electrons. The van der Waals surface area contributed by atoms with Gasteiger partial charge in [0.2, 0.25) is 5.91 Å². The molecule has 1 saturated heterocycles. The summed E-state index contributed by atoms with van der Waals surface area (Å²) in [7, 11) is 1.54. The first-order valence-corrected chi connectivity index (χ1v) is 12.8. The Morgan fingerprint density at radius 3 is 2.76 bits per heavy atom. The Balaban J connectivity index is 1.59. The molecule has 3 aromatic rings. The minimum atomic E-state index is 0.000381. The van der Waals surface area contributed by atoms with Crippen LogP contribution in [-0.2, 0) is 9.53 Å². The third kappa shape index (κ3) is 4.79. The van der Waals surface area contributed by atoms with E-state index >= 15 is 0 Å². The predicted molar refractivity (Wildman–Crippen MR) is 144 cm³/mol. The smallest absolute Gasteiger partial charge is 0.248 e. The zero-order chi connectivity index (χ0) is 26.1. The Kier molecular flexibility index (Phi) is 6.90. The number of fused-ring (bicyclic) bond motifs is 1. The molecule has 8 nitrogen and oxygen atoms in total. The number of aromatic nitrogens is 3. The van der Waals surface area contributed by atoms with Crippen LogP contribution in [0, 0.1) is 17.2 Å². The molecule has 2 aliphatic rings. The lowest BCUT2D eigenvalue weighted by atomic mass is 9.95. The van der Waals surface area contributed by atoms with Crippen molar-refractivity contribution in [3.63, 3.8) is 0 Å². The summed E-state index contributed by atoms with van der Waals surface area (Å²) in [5, 5.41) is 11.2. The molecule has 1 saturated carbocycles. The Morgan fingerprint density at radius 1 is 1.27 bits per heavy atom. The first-order chi connectivity index (χ1) is 17.9. The van der Waals surface area contributed by atoms with Crippen LogP contribution in [0.5, 0.6) is 0 Å². The van der Waals surface area contributed by atoms with Gasteiger partial charge >= 0.3 is 0 Å². The molecule has 0 radical (unpaired) electrons. The fourth-order valence-electron chi connectivity index (χ4n) is 5.24. The van der Waals surface area contributed by atoms with Crippen molar-refractivity contribution in [2.24, 2.45) is 5.92 Å². The third-order valence-electron chi connectivity index (χ3n) is 7.32. The number of nitrogens with zero attached hydrogens (tertiary/aromatic N) is 6. The van der Waals surface area contributed by atoms with E-state index in [4.69, 9.17) is 9.72 Å². The van der Waals surface area contributed by atoms with Crippen LogP contribution in [0.25, 0.3) is 28.1 Å². The first-order valence-electron chi connectivity index (χ1n) is 12.8. The Hall–Kier alpha value is -3.83. The molecular weight excluding hydrogens is 464 g/mol. The van der Waals surface area contributed by atoms with Crippen LogP contribution in [-0.4, -0.2) is 65.2 Å². The lowest BCUT2D eigenvalue weighted by Crippen LogP contribution is -2.58. The molecule has 1 aliphatic heterocycles. The van der Waals surface area contributed by atoms with Gasteiger partial charge in [0, 0.05) is 49.8 Å². The van der Waals surface area contributed by atoms with E-state index in [0.717, 1.165) is 46.3 Å². The van der Waals surface area contributed by atoms with Crippen LogP contribution in [0.1, 0.15) is 49.6 Å². The van der Waals surface area contributed by atoms with Crippen molar-refractivity contribution in [3.05, 3.63) is 54.1 Å². The number of carbonyl (C=O) groups is 1. The number of hydrogen-bond donors (Lipinski definition) is 0. The average Bonchev–Trinajstić information content (AvgIpc) is 3.77. The van der Waals surface area contributed by atoms with E-state index in [1.807, 2.05) is 23.1 Å². The molecule has 3 aromatic heterocycles. The molecule has 0 N–H and O–H groups in total. The third-order valence-corrected chi connectivity index (χ3v) is 7.32. The van der Waals surface area contributed by atoms with Crippen LogP contribution < -0.4 is 4.90 Å². The van der Waals surface area contributed by atoms with Crippen LogP contribution in [0.2, 0.25) is 0 Å². The van der Waals surface area contributed by atoms with E-state index in [1.165, 1.54) is 0 Å². The maximum atomic E-state index is 12.7. The number of pyridine rings is 3. The topological polar surface area (TPSA) is 95.2 Å². The Bertz CT molecular complexity index is 1390. The fourth-order valence-corrected chi connectivity index (χ4v) is 5.24. The van der Waals surface area contributed by atoms with Gasteiger partial charge in [-0.2, -0.15) is 5.26 Å². The molecule has 5 rings (SSSR count). The van der Waals surface area contributed by atoms with Crippen LogP contribution in [0.3, 0.4) is 0 Å². The monoisotopic (exact) mass is 496 g/mol. The molecule has 0 spiro atoms. The molecule has 37 heavy (non-hydrogen) atoms.